The van der Waals surface area contributed by atoms with Gasteiger partial charge in [-0.3, -0.25) is 0 Å². The molecule has 0 aliphatic carbocycles. The van der Waals surface area contributed by atoms with Gasteiger partial charge in [0.2, 0.25) is 5.88 Å². The summed E-state index contributed by atoms with van der Waals surface area (Å²) in [5, 5.41) is 3.27. The van der Waals surface area contributed by atoms with Gasteiger partial charge in [-0.15, -0.1) is 0 Å². The Balaban J connectivity index is 2.24. The van der Waals surface area contributed by atoms with E-state index in [2.05, 4.69) is 10.3 Å². The molecule has 88 valence electrons. The fraction of sp³-hybridized carbons (Fsp3) is 0.545. The van der Waals surface area contributed by atoms with Crippen LogP contribution in [-0.4, -0.2) is 38.9 Å². The molecule has 1 aliphatic rings. The van der Waals surface area contributed by atoms with E-state index in [0.29, 0.717) is 12.5 Å². The first kappa shape index (κ1) is 11.2. The van der Waals surface area contributed by atoms with E-state index in [0.717, 1.165) is 24.4 Å². The molecule has 1 N–H and O–H groups in total. The molecule has 0 aromatic carbocycles. The fourth-order valence-corrected chi connectivity index (χ4v) is 1.72. The molecule has 1 atom stereocenters. The van der Waals surface area contributed by atoms with Crippen molar-refractivity contribution < 1.29 is 14.2 Å². The molecule has 0 bridgehead atoms. The first-order valence-corrected chi connectivity index (χ1v) is 5.25. The molecule has 5 heteroatoms. The molecule has 1 aliphatic heterocycles. The van der Waals surface area contributed by atoms with Gasteiger partial charge < -0.3 is 19.5 Å². The molecule has 1 aromatic rings. The zero-order valence-electron chi connectivity index (χ0n) is 9.53. The van der Waals surface area contributed by atoms with Gasteiger partial charge in [0, 0.05) is 30.9 Å². The second-order valence-corrected chi connectivity index (χ2v) is 3.53. The molecular weight excluding hydrogens is 208 g/mol. The SMILES string of the molecule is COc1cc(OC)c(C2CNCCO2)cn1. The minimum atomic E-state index is 0.00195. The molecule has 1 fully saturated rings. The van der Waals surface area contributed by atoms with Crippen molar-refractivity contribution >= 4 is 0 Å². The number of morpholine rings is 1. The summed E-state index contributed by atoms with van der Waals surface area (Å²) < 4.78 is 16.0. The number of hydrogen-bond donors (Lipinski definition) is 1. The lowest BCUT2D eigenvalue weighted by molar-refractivity contribution is 0.0260. The smallest absolute Gasteiger partial charge is 0.216 e. The van der Waals surface area contributed by atoms with Gasteiger partial charge in [-0.1, -0.05) is 0 Å². The van der Waals surface area contributed by atoms with Crippen molar-refractivity contribution in [2.45, 2.75) is 6.10 Å². The summed E-state index contributed by atoms with van der Waals surface area (Å²) in [5.41, 5.74) is 0.954. The van der Waals surface area contributed by atoms with Gasteiger partial charge in [-0.05, 0) is 0 Å². The highest BCUT2D eigenvalue weighted by molar-refractivity contribution is 5.37. The van der Waals surface area contributed by atoms with Crippen LogP contribution in [0.5, 0.6) is 11.6 Å². The van der Waals surface area contributed by atoms with E-state index in [1.807, 2.05) is 0 Å². The van der Waals surface area contributed by atoms with Crippen LogP contribution in [0.4, 0.5) is 0 Å². The number of ether oxygens (including phenoxy) is 3. The lowest BCUT2D eigenvalue weighted by Gasteiger charge is -2.25. The Morgan fingerprint density at radius 3 is 2.94 bits per heavy atom. The van der Waals surface area contributed by atoms with Crippen LogP contribution in [0.2, 0.25) is 0 Å². The molecule has 5 nitrogen and oxygen atoms in total. The Morgan fingerprint density at radius 1 is 1.44 bits per heavy atom. The van der Waals surface area contributed by atoms with Crippen molar-refractivity contribution in [1.29, 1.82) is 0 Å². The molecule has 0 saturated carbocycles. The molecular formula is C11H16N2O3. The topological polar surface area (TPSA) is 52.6 Å². The highest BCUT2D eigenvalue weighted by atomic mass is 16.5. The molecule has 0 amide bonds. The maximum Gasteiger partial charge on any atom is 0.216 e. The maximum atomic E-state index is 5.66. The van der Waals surface area contributed by atoms with Crippen LogP contribution in [0.1, 0.15) is 11.7 Å². The average molecular weight is 224 g/mol. The summed E-state index contributed by atoms with van der Waals surface area (Å²) in [6.45, 7) is 2.38. The second-order valence-electron chi connectivity index (χ2n) is 3.53. The Labute approximate surface area is 94.7 Å². The number of methoxy groups -OCH3 is 2. The largest absolute Gasteiger partial charge is 0.496 e. The van der Waals surface area contributed by atoms with Crippen molar-refractivity contribution in [1.82, 2.24) is 10.3 Å². The highest BCUT2D eigenvalue weighted by Gasteiger charge is 2.20. The van der Waals surface area contributed by atoms with Crippen LogP contribution in [0.15, 0.2) is 12.3 Å². The summed E-state index contributed by atoms with van der Waals surface area (Å²) in [6, 6.07) is 1.77. The molecule has 1 saturated heterocycles. The Kier molecular flexibility index (Phi) is 3.58. The van der Waals surface area contributed by atoms with Gasteiger partial charge in [0.15, 0.2) is 0 Å². The quantitative estimate of drug-likeness (QED) is 0.821. The predicted octanol–water partition coefficient (Wildman–Crippen LogP) is 0.760. The molecule has 0 spiro atoms. The van der Waals surface area contributed by atoms with Crippen molar-refractivity contribution in [3.05, 3.63) is 17.8 Å². The van der Waals surface area contributed by atoms with Crippen LogP contribution >= 0.6 is 0 Å². The van der Waals surface area contributed by atoms with E-state index >= 15 is 0 Å². The van der Waals surface area contributed by atoms with Gasteiger partial charge in [0.1, 0.15) is 11.9 Å². The molecule has 16 heavy (non-hydrogen) atoms. The molecule has 1 unspecified atom stereocenters. The number of nitrogens with one attached hydrogen (secondary N) is 1. The lowest BCUT2D eigenvalue weighted by atomic mass is 10.1. The third-order valence-electron chi connectivity index (χ3n) is 2.57. The summed E-state index contributed by atoms with van der Waals surface area (Å²) in [4.78, 5) is 4.17. The third kappa shape index (κ3) is 2.25. The van der Waals surface area contributed by atoms with Crippen LogP contribution in [0.3, 0.4) is 0 Å². The number of hydrogen-bond acceptors (Lipinski definition) is 5. The summed E-state index contributed by atoms with van der Waals surface area (Å²) >= 11 is 0. The summed E-state index contributed by atoms with van der Waals surface area (Å²) in [6.07, 6.45) is 1.75. The van der Waals surface area contributed by atoms with E-state index in [-0.39, 0.29) is 6.10 Å². The maximum absolute atomic E-state index is 5.66. The van der Waals surface area contributed by atoms with Crippen LogP contribution < -0.4 is 14.8 Å². The minimum absolute atomic E-state index is 0.00195. The Hall–Kier alpha value is -1.33. The third-order valence-corrected chi connectivity index (χ3v) is 2.57. The predicted molar refractivity (Wildman–Crippen MR) is 58.9 cm³/mol. The van der Waals surface area contributed by atoms with Gasteiger partial charge in [0.05, 0.1) is 20.8 Å². The lowest BCUT2D eigenvalue weighted by Crippen LogP contribution is -2.33. The highest BCUT2D eigenvalue weighted by Crippen LogP contribution is 2.29. The number of aromatic nitrogens is 1. The zero-order chi connectivity index (χ0) is 11.4. The van der Waals surface area contributed by atoms with Gasteiger partial charge in [-0.25, -0.2) is 4.98 Å². The molecule has 2 heterocycles. The molecule has 0 radical (unpaired) electrons. The second kappa shape index (κ2) is 5.14. The van der Waals surface area contributed by atoms with Crippen molar-refractivity contribution in [2.75, 3.05) is 33.9 Å². The Morgan fingerprint density at radius 2 is 2.31 bits per heavy atom. The molecule has 2 rings (SSSR count). The van der Waals surface area contributed by atoms with Crippen LogP contribution in [-0.2, 0) is 4.74 Å². The van der Waals surface area contributed by atoms with E-state index in [9.17, 15) is 0 Å². The van der Waals surface area contributed by atoms with Gasteiger partial charge in [-0.2, -0.15) is 0 Å². The zero-order valence-corrected chi connectivity index (χ0v) is 9.53. The number of pyridine rings is 1. The first-order valence-electron chi connectivity index (χ1n) is 5.25. The minimum Gasteiger partial charge on any atom is -0.496 e. The van der Waals surface area contributed by atoms with E-state index in [1.54, 1.807) is 26.5 Å². The van der Waals surface area contributed by atoms with Gasteiger partial charge in [0.25, 0.3) is 0 Å². The van der Waals surface area contributed by atoms with E-state index < -0.39 is 0 Å². The summed E-state index contributed by atoms with van der Waals surface area (Å²) in [5.74, 6) is 1.30. The standard InChI is InChI=1S/C11H16N2O3/c1-14-9-5-11(15-2)13-6-8(9)10-7-12-3-4-16-10/h5-6,10,12H,3-4,7H2,1-2H3. The summed E-state index contributed by atoms with van der Waals surface area (Å²) in [7, 11) is 3.22. The average Bonchev–Trinajstić information content (AvgIpc) is 2.39. The van der Waals surface area contributed by atoms with Crippen molar-refractivity contribution in [3.63, 3.8) is 0 Å². The normalized spacial score (nSPS) is 20.5. The first-order chi connectivity index (χ1) is 7.85. The van der Waals surface area contributed by atoms with Crippen LogP contribution in [0.25, 0.3) is 0 Å². The number of rotatable bonds is 3. The fourth-order valence-electron chi connectivity index (χ4n) is 1.72. The van der Waals surface area contributed by atoms with Crippen LogP contribution in [0, 0.1) is 0 Å². The van der Waals surface area contributed by atoms with E-state index in [1.165, 1.54) is 0 Å². The monoisotopic (exact) mass is 224 g/mol. The molecule has 1 aromatic heterocycles. The van der Waals surface area contributed by atoms with E-state index in [4.69, 9.17) is 14.2 Å². The van der Waals surface area contributed by atoms with Crippen molar-refractivity contribution in [3.8, 4) is 11.6 Å². The Bertz CT molecular complexity index is 351. The number of nitrogens with zero attached hydrogens (tertiary/aromatic N) is 1. The van der Waals surface area contributed by atoms with Crippen molar-refractivity contribution in [2.24, 2.45) is 0 Å². The van der Waals surface area contributed by atoms with Gasteiger partial charge >= 0.3 is 0 Å².